The molecule has 5 heteroatoms. The summed E-state index contributed by atoms with van der Waals surface area (Å²) >= 11 is 1.66. The van der Waals surface area contributed by atoms with E-state index in [-0.39, 0.29) is 17.5 Å². The monoisotopic (exact) mass is 269 g/mol. The van der Waals surface area contributed by atoms with Crippen molar-refractivity contribution in [2.45, 2.75) is 18.7 Å². The third-order valence-corrected chi connectivity index (χ3v) is 5.12. The fourth-order valence-corrected chi connectivity index (χ4v) is 4.20. The topological polar surface area (TPSA) is 60.2 Å². The molecule has 0 spiro atoms. The van der Waals surface area contributed by atoms with Crippen molar-refractivity contribution in [2.24, 2.45) is 5.73 Å². The van der Waals surface area contributed by atoms with Crippen LogP contribution in [0.15, 0.2) is 29.6 Å². The lowest BCUT2D eigenvalue weighted by Crippen LogP contribution is -2.26. The second-order valence-corrected chi connectivity index (χ2v) is 7.38. The highest BCUT2D eigenvalue weighted by Crippen LogP contribution is 2.22. The van der Waals surface area contributed by atoms with Crippen molar-refractivity contribution < 1.29 is 8.42 Å². The Morgan fingerprint density at radius 2 is 2.12 bits per heavy atom. The van der Waals surface area contributed by atoms with E-state index < -0.39 is 9.84 Å². The smallest absolute Gasteiger partial charge is 0.155 e. The molecular formula is C12H15NO2S2. The average molecular weight is 269 g/mol. The molecule has 0 radical (unpaired) electrons. The first-order valence-corrected chi connectivity index (χ1v) is 8.08. The van der Waals surface area contributed by atoms with E-state index in [1.807, 2.05) is 29.6 Å². The number of rotatable bonds is 4. The van der Waals surface area contributed by atoms with E-state index in [0.29, 0.717) is 0 Å². The molecule has 17 heavy (non-hydrogen) atoms. The zero-order valence-electron chi connectivity index (χ0n) is 9.59. The molecule has 2 N–H and O–H groups in total. The fourth-order valence-electron chi connectivity index (χ4n) is 1.82. The molecule has 2 aromatic rings. The van der Waals surface area contributed by atoms with Crippen LogP contribution in [0.4, 0.5) is 0 Å². The van der Waals surface area contributed by atoms with E-state index in [1.54, 1.807) is 18.3 Å². The predicted molar refractivity (Wildman–Crippen MR) is 73.0 cm³/mol. The van der Waals surface area contributed by atoms with Crippen molar-refractivity contribution in [3.63, 3.8) is 0 Å². The third kappa shape index (κ3) is 3.28. The summed E-state index contributed by atoms with van der Waals surface area (Å²) in [7, 11) is -3.11. The highest BCUT2D eigenvalue weighted by atomic mass is 32.2. The van der Waals surface area contributed by atoms with Gasteiger partial charge in [0.1, 0.15) is 0 Å². The van der Waals surface area contributed by atoms with Crippen LogP contribution in [0.25, 0.3) is 10.1 Å². The van der Waals surface area contributed by atoms with E-state index in [0.717, 1.165) is 10.9 Å². The molecule has 1 unspecified atom stereocenters. The first-order chi connectivity index (χ1) is 7.96. The maximum absolute atomic E-state index is 11.8. The van der Waals surface area contributed by atoms with Gasteiger partial charge in [-0.3, -0.25) is 0 Å². The van der Waals surface area contributed by atoms with Crippen molar-refractivity contribution >= 4 is 31.3 Å². The number of sulfone groups is 1. The largest absolute Gasteiger partial charge is 0.327 e. The molecule has 92 valence electrons. The Morgan fingerprint density at radius 1 is 1.35 bits per heavy atom. The standard InChI is InChI=1S/C12H15NO2S2/c1-9(13)7-17(14,15)8-10-2-3-12-11(6-10)4-5-16-12/h2-6,9H,7-8,13H2,1H3. The Morgan fingerprint density at radius 3 is 2.82 bits per heavy atom. The molecule has 1 aromatic heterocycles. The van der Waals surface area contributed by atoms with Crippen LogP contribution in [0.5, 0.6) is 0 Å². The minimum atomic E-state index is -3.11. The highest BCUT2D eigenvalue weighted by molar-refractivity contribution is 7.90. The van der Waals surface area contributed by atoms with Gasteiger partial charge in [0.05, 0.1) is 11.5 Å². The maximum atomic E-state index is 11.8. The van der Waals surface area contributed by atoms with Gasteiger partial charge in [-0.05, 0) is 41.5 Å². The minimum Gasteiger partial charge on any atom is -0.327 e. The van der Waals surface area contributed by atoms with Crippen LogP contribution in [0.3, 0.4) is 0 Å². The van der Waals surface area contributed by atoms with Gasteiger partial charge in [-0.1, -0.05) is 6.07 Å². The summed E-state index contributed by atoms with van der Waals surface area (Å²) in [4.78, 5) is 0. The Bertz CT molecular complexity index is 614. The number of fused-ring (bicyclic) bond motifs is 1. The molecule has 0 aliphatic carbocycles. The molecule has 1 atom stereocenters. The number of hydrogen-bond acceptors (Lipinski definition) is 4. The maximum Gasteiger partial charge on any atom is 0.155 e. The first-order valence-electron chi connectivity index (χ1n) is 5.38. The molecule has 3 nitrogen and oxygen atoms in total. The van der Waals surface area contributed by atoms with Gasteiger partial charge in [0, 0.05) is 10.7 Å². The first kappa shape index (κ1) is 12.5. The quantitative estimate of drug-likeness (QED) is 0.925. The van der Waals surface area contributed by atoms with Gasteiger partial charge >= 0.3 is 0 Å². The van der Waals surface area contributed by atoms with Crippen molar-refractivity contribution in [1.82, 2.24) is 0 Å². The van der Waals surface area contributed by atoms with E-state index in [4.69, 9.17) is 5.73 Å². The molecule has 0 saturated heterocycles. The van der Waals surface area contributed by atoms with Crippen molar-refractivity contribution in [3.8, 4) is 0 Å². The summed E-state index contributed by atoms with van der Waals surface area (Å²) < 4.78 is 24.8. The van der Waals surface area contributed by atoms with E-state index in [2.05, 4.69) is 0 Å². The number of thiophene rings is 1. The number of nitrogens with two attached hydrogens (primary N) is 1. The van der Waals surface area contributed by atoms with Gasteiger partial charge in [0.15, 0.2) is 9.84 Å². The van der Waals surface area contributed by atoms with Crippen LogP contribution < -0.4 is 5.73 Å². The highest BCUT2D eigenvalue weighted by Gasteiger charge is 2.14. The molecule has 1 heterocycles. The zero-order chi connectivity index (χ0) is 12.5. The van der Waals surface area contributed by atoms with Gasteiger partial charge in [-0.2, -0.15) is 0 Å². The lowest BCUT2D eigenvalue weighted by molar-refractivity contribution is 0.589. The summed E-state index contributed by atoms with van der Waals surface area (Å²) in [5.74, 6) is 0.106. The Kier molecular flexibility index (Phi) is 3.51. The molecule has 0 bridgehead atoms. The summed E-state index contributed by atoms with van der Waals surface area (Å²) in [6, 6.07) is 7.46. The van der Waals surface area contributed by atoms with Gasteiger partial charge in [-0.15, -0.1) is 11.3 Å². The minimum absolute atomic E-state index is 0.0364. The third-order valence-electron chi connectivity index (χ3n) is 2.42. The molecule has 0 amide bonds. The van der Waals surface area contributed by atoms with E-state index in [9.17, 15) is 8.42 Å². The number of hydrogen-bond donors (Lipinski definition) is 1. The van der Waals surface area contributed by atoms with Crippen LogP contribution in [-0.4, -0.2) is 20.2 Å². The second kappa shape index (κ2) is 4.76. The predicted octanol–water partition coefficient (Wildman–Crippen LogP) is 2.16. The fraction of sp³-hybridized carbons (Fsp3) is 0.333. The van der Waals surface area contributed by atoms with Crippen molar-refractivity contribution in [2.75, 3.05) is 5.75 Å². The van der Waals surface area contributed by atoms with Gasteiger partial charge in [0.25, 0.3) is 0 Å². The molecule has 0 fully saturated rings. The molecule has 2 rings (SSSR count). The Labute approximate surface area is 105 Å². The molecule has 1 aromatic carbocycles. The molecule has 0 saturated carbocycles. The molecule has 0 aliphatic heterocycles. The van der Waals surface area contributed by atoms with E-state index >= 15 is 0 Å². The van der Waals surface area contributed by atoms with Crippen LogP contribution in [0.1, 0.15) is 12.5 Å². The van der Waals surface area contributed by atoms with Crippen molar-refractivity contribution in [1.29, 1.82) is 0 Å². The van der Waals surface area contributed by atoms with Crippen LogP contribution >= 0.6 is 11.3 Å². The summed E-state index contributed by atoms with van der Waals surface area (Å²) in [5.41, 5.74) is 6.36. The normalized spacial score (nSPS) is 14.0. The van der Waals surface area contributed by atoms with Crippen LogP contribution in [-0.2, 0) is 15.6 Å². The Hall–Kier alpha value is -0.910. The molecule has 0 aliphatic rings. The summed E-state index contributed by atoms with van der Waals surface area (Å²) in [6.07, 6.45) is 0. The second-order valence-electron chi connectivity index (χ2n) is 4.32. The zero-order valence-corrected chi connectivity index (χ0v) is 11.2. The van der Waals surface area contributed by atoms with Gasteiger partial charge in [-0.25, -0.2) is 8.42 Å². The van der Waals surface area contributed by atoms with Crippen molar-refractivity contribution in [3.05, 3.63) is 35.2 Å². The van der Waals surface area contributed by atoms with Gasteiger partial charge in [0.2, 0.25) is 0 Å². The SMILES string of the molecule is CC(N)CS(=O)(=O)Cc1ccc2sccc2c1. The lowest BCUT2D eigenvalue weighted by Gasteiger charge is -2.07. The van der Waals surface area contributed by atoms with Gasteiger partial charge < -0.3 is 5.73 Å². The molecular weight excluding hydrogens is 254 g/mol. The Balaban J connectivity index is 2.23. The summed E-state index contributed by atoms with van der Waals surface area (Å²) in [6.45, 7) is 1.71. The average Bonchev–Trinajstić information content (AvgIpc) is 2.61. The van der Waals surface area contributed by atoms with Crippen LogP contribution in [0.2, 0.25) is 0 Å². The van der Waals surface area contributed by atoms with Crippen LogP contribution in [0, 0.1) is 0 Å². The van der Waals surface area contributed by atoms with E-state index in [1.165, 1.54) is 4.70 Å². The number of benzene rings is 1. The summed E-state index contributed by atoms with van der Waals surface area (Å²) in [5, 5.41) is 3.11. The lowest BCUT2D eigenvalue weighted by atomic mass is 10.2.